The molecule has 23 heavy (non-hydrogen) atoms. The summed E-state index contributed by atoms with van der Waals surface area (Å²) >= 11 is 0. The summed E-state index contributed by atoms with van der Waals surface area (Å²) in [6.45, 7) is 4.16. The van der Waals surface area contributed by atoms with Crippen LogP contribution in [0.3, 0.4) is 0 Å². The van der Waals surface area contributed by atoms with Crippen LogP contribution < -0.4 is 5.43 Å². The highest BCUT2D eigenvalue weighted by atomic mass is 16.5. The summed E-state index contributed by atoms with van der Waals surface area (Å²) in [5, 5.41) is 3.95. The van der Waals surface area contributed by atoms with Crippen molar-refractivity contribution in [1.82, 2.24) is 15.0 Å². The molecular weight excluding hydrogens is 298 g/mol. The Morgan fingerprint density at radius 2 is 2.17 bits per heavy atom. The first-order valence-electron chi connectivity index (χ1n) is 7.80. The van der Waals surface area contributed by atoms with Gasteiger partial charge in [0.2, 0.25) is 5.89 Å². The maximum absolute atomic E-state index is 12.5. The minimum atomic E-state index is -0.358. The minimum absolute atomic E-state index is 0.0274. The van der Waals surface area contributed by atoms with E-state index in [2.05, 4.69) is 10.1 Å². The Bertz CT molecular complexity index is 761. The van der Waals surface area contributed by atoms with Crippen LogP contribution in [0, 0.1) is 6.92 Å². The predicted molar refractivity (Wildman–Crippen MR) is 81.0 cm³/mol. The molecule has 0 N–H and O–H groups in total. The van der Waals surface area contributed by atoms with E-state index in [1.807, 2.05) is 6.92 Å². The summed E-state index contributed by atoms with van der Waals surface area (Å²) in [5.74, 6) is 1.55. The number of amides is 1. The SMILES string of the molecule is CCN(Cc1noc(C2CCC2)n1)C(=O)c1cc(=O)cc(C)o1. The highest BCUT2D eigenvalue weighted by Crippen LogP contribution is 2.35. The van der Waals surface area contributed by atoms with Gasteiger partial charge in [-0.15, -0.1) is 0 Å². The maximum Gasteiger partial charge on any atom is 0.290 e. The predicted octanol–water partition coefficient (Wildman–Crippen LogP) is 2.26. The lowest BCUT2D eigenvalue weighted by Crippen LogP contribution is -2.31. The maximum atomic E-state index is 12.5. The standard InChI is InChI=1S/C16H19N3O4/c1-3-19(16(21)13-8-12(20)7-10(2)22-13)9-14-17-15(23-18-14)11-5-4-6-11/h7-8,11H,3-6,9H2,1-2H3. The number of hydrogen-bond acceptors (Lipinski definition) is 6. The van der Waals surface area contributed by atoms with E-state index < -0.39 is 0 Å². The van der Waals surface area contributed by atoms with Gasteiger partial charge in [-0.2, -0.15) is 4.98 Å². The fraction of sp³-hybridized carbons (Fsp3) is 0.500. The first-order chi connectivity index (χ1) is 11.1. The Hall–Kier alpha value is -2.44. The zero-order chi connectivity index (χ0) is 16.4. The van der Waals surface area contributed by atoms with E-state index in [1.165, 1.54) is 23.5 Å². The van der Waals surface area contributed by atoms with Crippen LogP contribution in [0.25, 0.3) is 0 Å². The lowest BCUT2D eigenvalue weighted by molar-refractivity contribution is 0.0710. The van der Waals surface area contributed by atoms with Crippen molar-refractivity contribution < 1.29 is 13.7 Å². The molecule has 0 aromatic carbocycles. The second-order valence-corrected chi connectivity index (χ2v) is 5.76. The van der Waals surface area contributed by atoms with Gasteiger partial charge in [0, 0.05) is 24.6 Å². The van der Waals surface area contributed by atoms with Crippen LogP contribution in [0.15, 0.2) is 25.9 Å². The Morgan fingerprint density at radius 3 is 2.78 bits per heavy atom. The lowest BCUT2D eigenvalue weighted by Gasteiger charge is -2.20. The molecule has 1 fully saturated rings. The third-order valence-electron chi connectivity index (χ3n) is 4.04. The first-order valence-corrected chi connectivity index (χ1v) is 7.80. The van der Waals surface area contributed by atoms with E-state index in [4.69, 9.17) is 8.94 Å². The fourth-order valence-electron chi connectivity index (χ4n) is 2.52. The van der Waals surface area contributed by atoms with Crippen molar-refractivity contribution >= 4 is 5.91 Å². The quantitative estimate of drug-likeness (QED) is 0.840. The van der Waals surface area contributed by atoms with E-state index in [0.29, 0.717) is 29.9 Å². The Morgan fingerprint density at radius 1 is 1.39 bits per heavy atom. The van der Waals surface area contributed by atoms with Crippen LogP contribution in [-0.2, 0) is 6.54 Å². The smallest absolute Gasteiger partial charge is 0.290 e. The monoisotopic (exact) mass is 317 g/mol. The number of aryl methyl sites for hydroxylation is 1. The molecule has 3 rings (SSSR count). The molecule has 0 saturated heterocycles. The van der Waals surface area contributed by atoms with E-state index in [9.17, 15) is 9.59 Å². The van der Waals surface area contributed by atoms with E-state index in [0.717, 1.165) is 12.8 Å². The molecule has 0 radical (unpaired) electrons. The molecule has 0 atom stereocenters. The number of aromatic nitrogens is 2. The van der Waals surface area contributed by atoms with E-state index in [1.54, 1.807) is 6.92 Å². The summed E-state index contributed by atoms with van der Waals surface area (Å²) in [6, 6.07) is 2.55. The van der Waals surface area contributed by atoms with Gasteiger partial charge in [0.15, 0.2) is 17.0 Å². The van der Waals surface area contributed by atoms with Crippen molar-refractivity contribution in [2.24, 2.45) is 0 Å². The van der Waals surface area contributed by atoms with Crippen LogP contribution in [0.4, 0.5) is 0 Å². The van der Waals surface area contributed by atoms with Crippen molar-refractivity contribution in [2.75, 3.05) is 6.54 Å². The molecular formula is C16H19N3O4. The van der Waals surface area contributed by atoms with Crippen LogP contribution in [-0.4, -0.2) is 27.5 Å². The first kappa shape index (κ1) is 15.5. The van der Waals surface area contributed by atoms with Gasteiger partial charge in [0.25, 0.3) is 5.91 Å². The van der Waals surface area contributed by atoms with Crippen molar-refractivity contribution in [1.29, 1.82) is 0 Å². The molecule has 1 aliphatic rings. The van der Waals surface area contributed by atoms with Crippen LogP contribution in [0.5, 0.6) is 0 Å². The molecule has 7 heteroatoms. The van der Waals surface area contributed by atoms with Crippen LogP contribution in [0.1, 0.15) is 60.1 Å². The molecule has 0 unspecified atom stereocenters. The summed E-state index contributed by atoms with van der Waals surface area (Å²) in [5.41, 5.74) is -0.250. The largest absolute Gasteiger partial charge is 0.456 e. The van der Waals surface area contributed by atoms with Gasteiger partial charge in [-0.25, -0.2) is 0 Å². The summed E-state index contributed by atoms with van der Waals surface area (Å²) in [7, 11) is 0. The van der Waals surface area contributed by atoms with Crippen LogP contribution >= 0.6 is 0 Å². The number of nitrogens with zero attached hydrogens (tertiary/aromatic N) is 3. The van der Waals surface area contributed by atoms with E-state index in [-0.39, 0.29) is 23.6 Å². The highest BCUT2D eigenvalue weighted by Gasteiger charge is 2.26. The Balaban J connectivity index is 1.74. The molecule has 1 aliphatic carbocycles. The number of rotatable bonds is 5. The lowest BCUT2D eigenvalue weighted by atomic mass is 9.85. The second kappa shape index (κ2) is 6.36. The molecule has 0 spiro atoms. The van der Waals surface area contributed by atoms with Crippen molar-refractivity contribution in [3.63, 3.8) is 0 Å². The summed E-state index contributed by atoms with van der Waals surface area (Å²) < 4.78 is 10.6. The van der Waals surface area contributed by atoms with Gasteiger partial charge >= 0.3 is 0 Å². The zero-order valence-electron chi connectivity index (χ0n) is 13.2. The molecule has 122 valence electrons. The Kier molecular flexibility index (Phi) is 4.27. The average molecular weight is 317 g/mol. The fourth-order valence-corrected chi connectivity index (χ4v) is 2.52. The molecule has 0 aliphatic heterocycles. The van der Waals surface area contributed by atoms with Crippen molar-refractivity contribution in [3.05, 3.63) is 45.6 Å². The highest BCUT2D eigenvalue weighted by molar-refractivity contribution is 5.91. The summed E-state index contributed by atoms with van der Waals surface area (Å²) in [4.78, 5) is 29.9. The van der Waals surface area contributed by atoms with Gasteiger partial charge in [-0.1, -0.05) is 11.6 Å². The molecule has 2 heterocycles. The van der Waals surface area contributed by atoms with Crippen molar-refractivity contribution in [2.45, 2.75) is 45.6 Å². The van der Waals surface area contributed by atoms with Gasteiger partial charge < -0.3 is 13.8 Å². The molecule has 0 bridgehead atoms. The third kappa shape index (κ3) is 3.33. The number of carbonyl (C=O) groups is 1. The Labute approximate surface area is 133 Å². The number of carbonyl (C=O) groups excluding carboxylic acids is 1. The molecule has 2 aromatic rings. The van der Waals surface area contributed by atoms with Gasteiger partial charge in [0.05, 0.1) is 6.54 Å². The van der Waals surface area contributed by atoms with E-state index >= 15 is 0 Å². The molecule has 7 nitrogen and oxygen atoms in total. The normalized spacial score (nSPS) is 14.5. The number of hydrogen-bond donors (Lipinski definition) is 0. The zero-order valence-corrected chi connectivity index (χ0v) is 13.2. The minimum Gasteiger partial charge on any atom is -0.456 e. The van der Waals surface area contributed by atoms with Gasteiger partial charge in [-0.3, -0.25) is 9.59 Å². The third-order valence-corrected chi connectivity index (χ3v) is 4.04. The molecule has 1 saturated carbocycles. The average Bonchev–Trinajstić information content (AvgIpc) is 2.89. The second-order valence-electron chi connectivity index (χ2n) is 5.76. The van der Waals surface area contributed by atoms with Gasteiger partial charge in [-0.05, 0) is 26.7 Å². The topological polar surface area (TPSA) is 89.4 Å². The summed E-state index contributed by atoms with van der Waals surface area (Å²) in [6.07, 6.45) is 3.34. The van der Waals surface area contributed by atoms with Gasteiger partial charge in [0.1, 0.15) is 5.76 Å². The van der Waals surface area contributed by atoms with Crippen molar-refractivity contribution in [3.8, 4) is 0 Å². The van der Waals surface area contributed by atoms with Crippen LogP contribution in [0.2, 0.25) is 0 Å². The molecule has 2 aromatic heterocycles. The molecule has 1 amide bonds.